The summed E-state index contributed by atoms with van der Waals surface area (Å²) in [7, 11) is 4.84. The van der Waals surface area contributed by atoms with Crippen LogP contribution in [-0.2, 0) is 11.2 Å². The van der Waals surface area contributed by atoms with Crippen molar-refractivity contribution in [2.24, 2.45) is 0 Å². The fourth-order valence-corrected chi connectivity index (χ4v) is 3.65. The molecule has 156 valence electrons. The molecule has 1 amide bonds. The zero-order valence-corrected chi connectivity index (χ0v) is 17.7. The van der Waals surface area contributed by atoms with Crippen LogP contribution in [0.25, 0.3) is 0 Å². The van der Waals surface area contributed by atoms with Gasteiger partial charge in [-0.15, -0.1) is 0 Å². The van der Waals surface area contributed by atoms with Crippen molar-refractivity contribution < 1.29 is 23.7 Å². The summed E-state index contributed by atoms with van der Waals surface area (Å²) in [5.74, 6) is 2.87. The van der Waals surface area contributed by atoms with Gasteiger partial charge in [-0.1, -0.05) is 6.07 Å². The van der Waals surface area contributed by atoms with E-state index in [1.165, 1.54) is 0 Å². The number of amides is 1. The van der Waals surface area contributed by atoms with Gasteiger partial charge in [0.05, 0.1) is 27.4 Å². The smallest absolute Gasteiger partial charge is 0.220 e. The highest BCUT2D eigenvalue weighted by molar-refractivity contribution is 5.77. The maximum atomic E-state index is 12.7. The van der Waals surface area contributed by atoms with E-state index in [1.807, 2.05) is 50.2 Å². The lowest BCUT2D eigenvalue weighted by Crippen LogP contribution is -2.41. The Balaban J connectivity index is 1.69. The standard InChI is InChI=1S/C23H29NO5/c1-23(2)14-18(17-13-16(26-3)8-10-19(17)29-23)24-22(25)11-7-15-6-9-20(27-4)21(12-15)28-5/h6,8-10,12-13,18H,7,11,14H2,1-5H3,(H,24,25)/t18-/m0/s1. The molecule has 0 radical (unpaired) electrons. The van der Waals surface area contributed by atoms with E-state index in [0.29, 0.717) is 30.8 Å². The molecule has 1 aliphatic rings. The van der Waals surface area contributed by atoms with E-state index in [4.69, 9.17) is 18.9 Å². The number of carbonyl (C=O) groups is 1. The van der Waals surface area contributed by atoms with Crippen LogP contribution in [0.1, 0.15) is 43.9 Å². The van der Waals surface area contributed by atoms with Crippen molar-refractivity contribution in [3.63, 3.8) is 0 Å². The summed E-state index contributed by atoms with van der Waals surface area (Å²) >= 11 is 0. The Hall–Kier alpha value is -2.89. The number of methoxy groups -OCH3 is 3. The highest BCUT2D eigenvalue weighted by Gasteiger charge is 2.34. The Bertz CT molecular complexity index is 878. The van der Waals surface area contributed by atoms with Gasteiger partial charge in [-0.3, -0.25) is 4.79 Å². The van der Waals surface area contributed by atoms with Crippen molar-refractivity contribution >= 4 is 5.91 Å². The molecule has 2 aromatic rings. The van der Waals surface area contributed by atoms with E-state index in [2.05, 4.69) is 5.32 Å². The molecule has 0 saturated heterocycles. The molecular weight excluding hydrogens is 370 g/mol. The fraction of sp³-hybridized carbons (Fsp3) is 0.435. The molecule has 6 nitrogen and oxygen atoms in total. The molecule has 3 rings (SSSR count). The second kappa shape index (κ2) is 8.64. The Kier molecular flexibility index (Phi) is 6.20. The van der Waals surface area contributed by atoms with Crippen LogP contribution >= 0.6 is 0 Å². The van der Waals surface area contributed by atoms with Crippen LogP contribution in [0.3, 0.4) is 0 Å². The third-order valence-electron chi connectivity index (χ3n) is 5.10. The van der Waals surface area contributed by atoms with E-state index in [9.17, 15) is 4.79 Å². The van der Waals surface area contributed by atoms with Crippen LogP contribution in [0, 0.1) is 0 Å². The molecule has 0 unspecified atom stereocenters. The van der Waals surface area contributed by atoms with Crippen LogP contribution in [0.5, 0.6) is 23.0 Å². The maximum absolute atomic E-state index is 12.7. The maximum Gasteiger partial charge on any atom is 0.220 e. The number of aryl methyl sites for hydroxylation is 1. The summed E-state index contributed by atoms with van der Waals surface area (Å²) in [6.45, 7) is 4.06. The van der Waals surface area contributed by atoms with Crippen molar-refractivity contribution in [3.8, 4) is 23.0 Å². The van der Waals surface area contributed by atoms with Crippen molar-refractivity contribution in [3.05, 3.63) is 47.5 Å². The molecular formula is C23H29NO5. The van der Waals surface area contributed by atoms with Crippen LogP contribution in [0.15, 0.2) is 36.4 Å². The van der Waals surface area contributed by atoms with Crippen molar-refractivity contribution in [2.75, 3.05) is 21.3 Å². The largest absolute Gasteiger partial charge is 0.497 e. The van der Waals surface area contributed by atoms with E-state index in [0.717, 1.165) is 22.6 Å². The van der Waals surface area contributed by atoms with Gasteiger partial charge < -0.3 is 24.3 Å². The van der Waals surface area contributed by atoms with E-state index < -0.39 is 0 Å². The number of benzene rings is 2. The van der Waals surface area contributed by atoms with Gasteiger partial charge in [0.15, 0.2) is 11.5 Å². The number of hydrogen-bond acceptors (Lipinski definition) is 5. The molecule has 1 aliphatic heterocycles. The van der Waals surface area contributed by atoms with Crippen LogP contribution < -0.4 is 24.3 Å². The lowest BCUT2D eigenvalue weighted by atomic mass is 9.89. The summed E-state index contributed by atoms with van der Waals surface area (Å²) in [6, 6.07) is 11.3. The van der Waals surface area contributed by atoms with Crippen molar-refractivity contribution in [2.45, 2.75) is 44.8 Å². The molecule has 0 aliphatic carbocycles. The summed E-state index contributed by atoms with van der Waals surface area (Å²) in [5, 5.41) is 3.17. The van der Waals surface area contributed by atoms with Gasteiger partial charge in [-0.2, -0.15) is 0 Å². The third-order valence-corrected chi connectivity index (χ3v) is 5.10. The number of carbonyl (C=O) groups excluding carboxylic acids is 1. The zero-order valence-electron chi connectivity index (χ0n) is 17.7. The molecule has 1 atom stereocenters. The summed E-state index contributed by atoms with van der Waals surface area (Å²) in [4.78, 5) is 12.7. The van der Waals surface area contributed by atoms with Crippen LogP contribution in [0.2, 0.25) is 0 Å². The minimum Gasteiger partial charge on any atom is -0.497 e. The monoisotopic (exact) mass is 399 g/mol. The Morgan fingerprint density at radius 1 is 1.07 bits per heavy atom. The fourth-order valence-electron chi connectivity index (χ4n) is 3.65. The normalized spacial score (nSPS) is 16.9. The SMILES string of the molecule is COc1ccc2c(c1)[C@@H](NC(=O)CCc1ccc(OC)c(OC)c1)CC(C)(C)O2. The van der Waals surface area contributed by atoms with Crippen LogP contribution in [0.4, 0.5) is 0 Å². The number of hydrogen-bond donors (Lipinski definition) is 1. The zero-order chi connectivity index (χ0) is 21.0. The topological polar surface area (TPSA) is 66.0 Å². The third kappa shape index (κ3) is 4.94. The van der Waals surface area contributed by atoms with E-state index in [-0.39, 0.29) is 17.6 Å². The van der Waals surface area contributed by atoms with Crippen LogP contribution in [-0.4, -0.2) is 32.8 Å². The minimum absolute atomic E-state index is 0.00347. The molecule has 6 heteroatoms. The molecule has 0 bridgehead atoms. The molecule has 0 spiro atoms. The summed E-state index contributed by atoms with van der Waals surface area (Å²) < 4.78 is 22.0. The molecule has 0 aromatic heterocycles. The van der Waals surface area contributed by atoms with E-state index in [1.54, 1.807) is 21.3 Å². The van der Waals surface area contributed by atoms with E-state index >= 15 is 0 Å². The lowest BCUT2D eigenvalue weighted by molar-refractivity contribution is -0.122. The average Bonchev–Trinajstić information content (AvgIpc) is 2.71. The first-order chi connectivity index (χ1) is 13.8. The first kappa shape index (κ1) is 20.8. The lowest BCUT2D eigenvalue weighted by Gasteiger charge is -2.38. The number of rotatable bonds is 7. The summed E-state index contributed by atoms with van der Waals surface area (Å²) in [5.41, 5.74) is 1.61. The molecule has 2 aromatic carbocycles. The Labute approximate surface area is 172 Å². The quantitative estimate of drug-likeness (QED) is 0.760. The Morgan fingerprint density at radius 3 is 2.52 bits per heavy atom. The second-order valence-electron chi connectivity index (χ2n) is 7.78. The highest BCUT2D eigenvalue weighted by atomic mass is 16.5. The molecule has 29 heavy (non-hydrogen) atoms. The first-order valence-corrected chi connectivity index (χ1v) is 9.72. The second-order valence-corrected chi connectivity index (χ2v) is 7.78. The van der Waals surface area contributed by atoms with Gasteiger partial charge >= 0.3 is 0 Å². The highest BCUT2D eigenvalue weighted by Crippen LogP contribution is 2.41. The Morgan fingerprint density at radius 2 is 1.83 bits per heavy atom. The van der Waals surface area contributed by atoms with Gasteiger partial charge in [0.2, 0.25) is 5.91 Å². The number of fused-ring (bicyclic) bond motifs is 1. The molecule has 0 fully saturated rings. The predicted octanol–water partition coefficient (Wildman–Crippen LogP) is 4.06. The van der Waals surface area contributed by atoms with Gasteiger partial charge in [-0.05, 0) is 56.2 Å². The molecule has 1 heterocycles. The number of ether oxygens (including phenoxy) is 4. The van der Waals surface area contributed by atoms with Crippen molar-refractivity contribution in [1.29, 1.82) is 0 Å². The minimum atomic E-state index is -0.358. The molecule has 0 saturated carbocycles. The average molecular weight is 399 g/mol. The van der Waals surface area contributed by atoms with Crippen molar-refractivity contribution in [1.82, 2.24) is 5.32 Å². The molecule has 1 N–H and O–H groups in total. The van der Waals surface area contributed by atoms with Gasteiger partial charge in [0.1, 0.15) is 17.1 Å². The number of nitrogens with one attached hydrogen (secondary N) is 1. The van der Waals surface area contributed by atoms with Gasteiger partial charge in [-0.25, -0.2) is 0 Å². The van der Waals surface area contributed by atoms with Gasteiger partial charge in [0, 0.05) is 18.4 Å². The predicted molar refractivity (Wildman–Crippen MR) is 111 cm³/mol. The summed E-state index contributed by atoms with van der Waals surface area (Å²) in [6.07, 6.45) is 1.69. The van der Waals surface area contributed by atoms with Gasteiger partial charge in [0.25, 0.3) is 0 Å². The first-order valence-electron chi connectivity index (χ1n) is 9.72.